The molecule has 200 valence electrons. The summed E-state index contributed by atoms with van der Waals surface area (Å²) in [6, 6.07) is 15.3. The number of ether oxygens (including phenoxy) is 1. The molecule has 0 radical (unpaired) electrons. The Morgan fingerprint density at radius 1 is 1.03 bits per heavy atom. The minimum atomic E-state index is -0.236. The second-order valence-corrected chi connectivity index (χ2v) is 11.1. The number of benzene rings is 2. The van der Waals surface area contributed by atoms with Crippen LogP contribution < -0.4 is 10.6 Å². The minimum absolute atomic E-state index is 0.160. The third kappa shape index (κ3) is 7.65. The van der Waals surface area contributed by atoms with Crippen molar-refractivity contribution in [1.29, 1.82) is 0 Å². The molecule has 1 aromatic heterocycles. The summed E-state index contributed by atoms with van der Waals surface area (Å²) >= 11 is 7.27. The Morgan fingerprint density at radius 2 is 1.71 bits per heavy atom. The number of anilines is 1. The standard InChI is InChI=1S/C29H32ClN3O4S/c1-18-27(38-29(32-18)23-7-11-24(30)12-8-23)28(36)31-16-15-26(35)33-25-13-9-22(10-14-25)21-5-3-20(4-6-21)17-37-19(2)34/h7-14,20-21H,3-6,15-17H2,1-2H3,(H,31,36)(H,33,35). The summed E-state index contributed by atoms with van der Waals surface area (Å²) in [7, 11) is 0. The highest BCUT2D eigenvalue weighted by molar-refractivity contribution is 7.17. The molecule has 4 rings (SSSR count). The number of hydrogen-bond acceptors (Lipinski definition) is 6. The molecule has 9 heteroatoms. The first-order valence-corrected chi connectivity index (χ1v) is 14.0. The van der Waals surface area contributed by atoms with Crippen LogP contribution in [0.3, 0.4) is 0 Å². The van der Waals surface area contributed by atoms with E-state index >= 15 is 0 Å². The lowest BCUT2D eigenvalue weighted by molar-refractivity contribution is -0.142. The van der Waals surface area contributed by atoms with Gasteiger partial charge >= 0.3 is 5.97 Å². The van der Waals surface area contributed by atoms with Crippen molar-refractivity contribution >= 4 is 46.4 Å². The first-order valence-electron chi connectivity index (χ1n) is 12.8. The molecule has 7 nitrogen and oxygen atoms in total. The maximum absolute atomic E-state index is 12.7. The van der Waals surface area contributed by atoms with Crippen LogP contribution in [0.4, 0.5) is 5.69 Å². The van der Waals surface area contributed by atoms with Crippen LogP contribution in [0.2, 0.25) is 5.02 Å². The van der Waals surface area contributed by atoms with Gasteiger partial charge in [0.1, 0.15) is 9.88 Å². The van der Waals surface area contributed by atoms with Gasteiger partial charge in [-0.1, -0.05) is 35.9 Å². The van der Waals surface area contributed by atoms with Gasteiger partial charge in [-0.05, 0) is 74.3 Å². The number of nitrogens with zero attached hydrogens (tertiary/aromatic N) is 1. The fourth-order valence-corrected chi connectivity index (χ4v) is 5.77. The molecule has 3 aromatic rings. The Bertz CT molecular complexity index is 1270. The summed E-state index contributed by atoms with van der Waals surface area (Å²) < 4.78 is 5.16. The number of aryl methyl sites for hydroxylation is 1. The van der Waals surface area contributed by atoms with Gasteiger partial charge in [0.2, 0.25) is 5.91 Å². The predicted molar refractivity (Wildman–Crippen MR) is 151 cm³/mol. The molecule has 1 aliphatic rings. The average Bonchev–Trinajstić information content (AvgIpc) is 3.30. The molecule has 1 fully saturated rings. The normalized spacial score (nSPS) is 17.0. The van der Waals surface area contributed by atoms with Crippen molar-refractivity contribution in [2.45, 2.75) is 51.9 Å². The third-order valence-electron chi connectivity index (χ3n) is 6.77. The lowest BCUT2D eigenvalue weighted by Gasteiger charge is -2.28. The van der Waals surface area contributed by atoms with Gasteiger partial charge in [0, 0.05) is 36.2 Å². The smallest absolute Gasteiger partial charge is 0.302 e. The lowest BCUT2D eigenvalue weighted by Crippen LogP contribution is -2.27. The third-order valence-corrected chi connectivity index (χ3v) is 8.22. The lowest BCUT2D eigenvalue weighted by atomic mass is 9.79. The van der Waals surface area contributed by atoms with E-state index in [1.54, 1.807) is 19.1 Å². The van der Waals surface area contributed by atoms with Gasteiger partial charge in [0.05, 0.1) is 12.3 Å². The SMILES string of the molecule is CC(=O)OCC1CCC(c2ccc(NC(=O)CCNC(=O)c3sc(-c4ccc(Cl)cc4)nc3C)cc2)CC1. The molecular weight excluding hydrogens is 522 g/mol. The van der Waals surface area contributed by atoms with Gasteiger partial charge in [-0.2, -0.15) is 0 Å². The molecule has 0 bridgehead atoms. The van der Waals surface area contributed by atoms with Gasteiger partial charge < -0.3 is 15.4 Å². The Hall–Kier alpha value is -3.23. The average molecular weight is 554 g/mol. The van der Waals surface area contributed by atoms with E-state index in [-0.39, 0.29) is 30.7 Å². The topological polar surface area (TPSA) is 97.4 Å². The first-order chi connectivity index (χ1) is 18.3. The summed E-state index contributed by atoms with van der Waals surface area (Å²) in [5.41, 5.74) is 3.55. The summed E-state index contributed by atoms with van der Waals surface area (Å²) in [5.74, 6) is 0.316. The zero-order valence-electron chi connectivity index (χ0n) is 21.6. The molecule has 1 saturated carbocycles. The number of aromatic nitrogens is 1. The van der Waals surface area contributed by atoms with E-state index in [1.807, 2.05) is 24.3 Å². The van der Waals surface area contributed by atoms with Crippen molar-refractivity contribution in [1.82, 2.24) is 10.3 Å². The Morgan fingerprint density at radius 3 is 2.37 bits per heavy atom. The van der Waals surface area contributed by atoms with Crippen molar-refractivity contribution in [2.75, 3.05) is 18.5 Å². The number of nitrogens with one attached hydrogen (secondary N) is 2. The van der Waals surface area contributed by atoms with E-state index < -0.39 is 0 Å². The first kappa shape index (κ1) is 27.8. The maximum atomic E-state index is 12.7. The molecule has 2 amide bonds. The number of amides is 2. The van der Waals surface area contributed by atoms with Crippen molar-refractivity contribution in [3.05, 3.63) is 69.7 Å². The second kappa shape index (κ2) is 13.0. The number of rotatable bonds is 9. The largest absolute Gasteiger partial charge is 0.466 e. The van der Waals surface area contributed by atoms with E-state index in [1.165, 1.54) is 23.8 Å². The highest BCUT2D eigenvalue weighted by Gasteiger charge is 2.23. The number of carbonyl (C=O) groups excluding carboxylic acids is 3. The predicted octanol–water partition coefficient (Wildman–Crippen LogP) is 6.37. The number of hydrogen-bond donors (Lipinski definition) is 2. The number of carbonyl (C=O) groups is 3. The maximum Gasteiger partial charge on any atom is 0.302 e. The van der Waals surface area contributed by atoms with Gasteiger partial charge in [-0.25, -0.2) is 4.98 Å². The molecule has 0 aliphatic heterocycles. The fourth-order valence-electron chi connectivity index (χ4n) is 4.65. The van der Waals surface area contributed by atoms with Crippen LogP contribution in [0, 0.1) is 12.8 Å². The minimum Gasteiger partial charge on any atom is -0.466 e. The highest BCUT2D eigenvalue weighted by atomic mass is 35.5. The van der Waals surface area contributed by atoms with Crippen LogP contribution in [0.5, 0.6) is 0 Å². The summed E-state index contributed by atoms with van der Waals surface area (Å²) in [6.45, 7) is 4.00. The van der Waals surface area contributed by atoms with E-state index in [0.717, 1.165) is 41.9 Å². The Labute approximate surface area is 232 Å². The molecule has 0 atom stereocenters. The molecule has 1 aliphatic carbocycles. The highest BCUT2D eigenvalue weighted by Crippen LogP contribution is 2.36. The van der Waals surface area contributed by atoms with Crippen molar-refractivity contribution in [2.24, 2.45) is 5.92 Å². The summed E-state index contributed by atoms with van der Waals surface area (Å²) in [6.07, 6.45) is 4.40. The van der Waals surface area contributed by atoms with Crippen molar-refractivity contribution in [3.63, 3.8) is 0 Å². The van der Waals surface area contributed by atoms with Gasteiger partial charge in [0.15, 0.2) is 0 Å². The number of halogens is 1. The zero-order chi connectivity index (χ0) is 27.1. The van der Waals surface area contributed by atoms with E-state index in [0.29, 0.717) is 34.0 Å². The zero-order valence-corrected chi connectivity index (χ0v) is 23.2. The van der Waals surface area contributed by atoms with Crippen LogP contribution in [0.15, 0.2) is 48.5 Å². The molecule has 1 heterocycles. The van der Waals surface area contributed by atoms with Gasteiger partial charge in [-0.15, -0.1) is 11.3 Å². The molecule has 38 heavy (non-hydrogen) atoms. The van der Waals surface area contributed by atoms with Crippen molar-refractivity contribution in [3.8, 4) is 10.6 Å². The molecule has 0 saturated heterocycles. The quantitative estimate of drug-likeness (QED) is 0.300. The molecule has 2 aromatic carbocycles. The summed E-state index contributed by atoms with van der Waals surface area (Å²) in [5, 5.41) is 7.12. The van der Waals surface area contributed by atoms with Crippen LogP contribution in [0.25, 0.3) is 10.6 Å². The molecule has 0 spiro atoms. The van der Waals surface area contributed by atoms with E-state index in [4.69, 9.17) is 16.3 Å². The monoisotopic (exact) mass is 553 g/mol. The Balaban J connectivity index is 1.20. The van der Waals surface area contributed by atoms with Crippen LogP contribution in [0.1, 0.15) is 65.9 Å². The van der Waals surface area contributed by atoms with Gasteiger partial charge in [0.25, 0.3) is 5.91 Å². The van der Waals surface area contributed by atoms with Crippen LogP contribution >= 0.6 is 22.9 Å². The number of esters is 1. The molecule has 2 N–H and O–H groups in total. The van der Waals surface area contributed by atoms with Gasteiger partial charge in [-0.3, -0.25) is 14.4 Å². The summed E-state index contributed by atoms with van der Waals surface area (Å²) in [4.78, 5) is 41.1. The number of thiazole rings is 1. The fraction of sp³-hybridized carbons (Fsp3) is 0.379. The van der Waals surface area contributed by atoms with E-state index in [9.17, 15) is 14.4 Å². The van der Waals surface area contributed by atoms with E-state index in [2.05, 4.69) is 27.8 Å². The second-order valence-electron chi connectivity index (χ2n) is 9.64. The molecule has 0 unspecified atom stereocenters. The van der Waals surface area contributed by atoms with Crippen LogP contribution in [-0.4, -0.2) is 35.9 Å². The Kier molecular flexibility index (Phi) is 9.53. The van der Waals surface area contributed by atoms with Crippen LogP contribution in [-0.2, 0) is 14.3 Å². The molecular formula is C29H32ClN3O4S. The van der Waals surface area contributed by atoms with Crippen molar-refractivity contribution < 1.29 is 19.1 Å².